The number of hydrogen-bond acceptors (Lipinski definition) is 6. The number of amides is 2. The number of fused-ring (bicyclic) bond motifs is 1. The Bertz CT molecular complexity index is 1370. The van der Waals surface area contributed by atoms with Crippen LogP contribution in [0.25, 0.3) is 16.7 Å². The molecule has 2 amide bonds. The monoisotopic (exact) mass is 508 g/mol. The van der Waals surface area contributed by atoms with E-state index >= 15 is 4.39 Å². The summed E-state index contributed by atoms with van der Waals surface area (Å²) >= 11 is 1.16. The lowest BCUT2D eigenvalue weighted by atomic mass is 9.84. The van der Waals surface area contributed by atoms with Gasteiger partial charge in [0.25, 0.3) is 0 Å². The number of rotatable bonds is 4. The van der Waals surface area contributed by atoms with Gasteiger partial charge in [-0.1, -0.05) is 23.9 Å². The fourth-order valence-corrected chi connectivity index (χ4v) is 6.41. The topological polar surface area (TPSA) is 105 Å². The smallest absolute Gasteiger partial charge is 0.240 e. The Labute approximate surface area is 210 Å². The number of nitrogens with two attached hydrogens (primary N) is 1. The van der Waals surface area contributed by atoms with Crippen molar-refractivity contribution < 1.29 is 18.4 Å². The molecule has 3 atom stereocenters. The van der Waals surface area contributed by atoms with Gasteiger partial charge in [-0.05, 0) is 43.2 Å². The Morgan fingerprint density at radius 2 is 2.19 bits per heavy atom. The van der Waals surface area contributed by atoms with Crippen LogP contribution in [0.15, 0.2) is 41.5 Å². The van der Waals surface area contributed by atoms with Crippen LogP contribution < -0.4 is 11.1 Å². The van der Waals surface area contributed by atoms with Gasteiger partial charge in [0.15, 0.2) is 5.17 Å². The highest BCUT2D eigenvalue weighted by Crippen LogP contribution is 2.66. The van der Waals surface area contributed by atoms with Crippen molar-refractivity contribution >= 4 is 46.3 Å². The molecule has 2 aliphatic heterocycles. The maximum atomic E-state index is 15.2. The van der Waals surface area contributed by atoms with Gasteiger partial charge in [0.1, 0.15) is 16.4 Å². The number of amidine groups is 1. The van der Waals surface area contributed by atoms with Crippen LogP contribution in [0.4, 0.5) is 14.5 Å². The molecule has 3 heterocycles. The van der Waals surface area contributed by atoms with Crippen LogP contribution >= 0.6 is 11.8 Å². The van der Waals surface area contributed by atoms with E-state index in [2.05, 4.69) is 20.1 Å². The molecule has 1 saturated carbocycles. The van der Waals surface area contributed by atoms with E-state index in [1.165, 1.54) is 47.5 Å². The molecule has 8 nitrogen and oxygen atoms in total. The molecule has 0 radical (unpaired) electrons. The first-order chi connectivity index (χ1) is 17.2. The number of nitrogens with zero attached hydrogens (tertiary/aromatic N) is 4. The minimum absolute atomic E-state index is 0.0273. The van der Waals surface area contributed by atoms with Gasteiger partial charge in [-0.25, -0.2) is 13.6 Å². The van der Waals surface area contributed by atoms with Crippen molar-refractivity contribution in [3.8, 4) is 0 Å². The van der Waals surface area contributed by atoms with Gasteiger partial charge in [0, 0.05) is 30.8 Å². The normalized spacial score (nSPS) is 27.4. The number of piperazine rings is 1. The molecule has 1 aliphatic carbocycles. The van der Waals surface area contributed by atoms with Gasteiger partial charge < -0.3 is 16.0 Å². The van der Waals surface area contributed by atoms with Crippen molar-refractivity contribution in [2.24, 2.45) is 16.6 Å². The second kappa shape index (κ2) is 8.71. The van der Waals surface area contributed by atoms with E-state index in [0.29, 0.717) is 30.8 Å². The summed E-state index contributed by atoms with van der Waals surface area (Å²) in [5, 5.41) is 2.87. The Morgan fingerprint density at radius 1 is 1.39 bits per heavy atom. The highest BCUT2D eigenvalue weighted by molar-refractivity contribution is 8.15. The van der Waals surface area contributed by atoms with Crippen LogP contribution in [0.2, 0.25) is 0 Å². The van der Waals surface area contributed by atoms with Crippen molar-refractivity contribution in [3.63, 3.8) is 0 Å². The highest BCUT2D eigenvalue weighted by atomic mass is 32.2. The molecule has 3 aliphatic rings. The quantitative estimate of drug-likeness (QED) is 0.617. The average Bonchev–Trinajstić information content (AvgIpc) is 3.61. The second-order valence-corrected chi connectivity index (χ2v) is 10.5. The summed E-state index contributed by atoms with van der Waals surface area (Å²) in [6.07, 6.45) is 2.94. The van der Waals surface area contributed by atoms with E-state index in [1.54, 1.807) is 6.92 Å². The molecule has 1 saturated heterocycles. The zero-order valence-corrected chi connectivity index (χ0v) is 20.1. The maximum Gasteiger partial charge on any atom is 0.240 e. The predicted octanol–water partition coefficient (Wildman–Crippen LogP) is 3.23. The molecule has 2 fully saturated rings. The highest BCUT2D eigenvalue weighted by Gasteiger charge is 2.71. The molecule has 36 heavy (non-hydrogen) atoms. The number of pyridine rings is 1. The molecule has 0 spiro atoms. The maximum absolute atomic E-state index is 15.2. The molecule has 2 aromatic rings. The predicted molar refractivity (Wildman–Crippen MR) is 133 cm³/mol. The summed E-state index contributed by atoms with van der Waals surface area (Å²) in [5.41, 5.74) is 5.94. The lowest BCUT2D eigenvalue weighted by Gasteiger charge is -2.36. The summed E-state index contributed by atoms with van der Waals surface area (Å²) in [5.74, 6) is -1.95. The Hall–Kier alpha value is -3.78. The molecule has 1 aromatic heterocycles. The van der Waals surface area contributed by atoms with Crippen molar-refractivity contribution in [3.05, 3.63) is 70.6 Å². The van der Waals surface area contributed by atoms with E-state index in [0.717, 1.165) is 11.8 Å². The minimum Gasteiger partial charge on any atom is -0.378 e. The number of aromatic nitrogens is 1. The third-order valence-electron chi connectivity index (χ3n) is 6.86. The average molecular weight is 509 g/mol. The van der Waals surface area contributed by atoms with E-state index in [1.807, 2.05) is 0 Å². The van der Waals surface area contributed by atoms with Crippen LogP contribution in [0.1, 0.15) is 30.2 Å². The van der Waals surface area contributed by atoms with Crippen LogP contribution in [0.3, 0.4) is 0 Å². The fourth-order valence-electron chi connectivity index (χ4n) is 4.97. The number of halogens is 2. The largest absolute Gasteiger partial charge is 0.378 e. The minimum atomic E-state index is -1.15. The second-order valence-electron chi connectivity index (χ2n) is 9.17. The number of aliphatic imine (C=N–C) groups is 1. The lowest BCUT2D eigenvalue weighted by molar-refractivity contribution is -0.138. The van der Waals surface area contributed by atoms with Gasteiger partial charge in [0.2, 0.25) is 17.5 Å². The third-order valence-corrected chi connectivity index (χ3v) is 8.15. The molecule has 0 bridgehead atoms. The van der Waals surface area contributed by atoms with E-state index < -0.39 is 21.9 Å². The summed E-state index contributed by atoms with van der Waals surface area (Å²) in [4.78, 5) is 38.6. The van der Waals surface area contributed by atoms with Crippen LogP contribution in [0.5, 0.6) is 0 Å². The number of hydrogen-bond donors (Lipinski definition) is 2. The van der Waals surface area contributed by atoms with Gasteiger partial charge in [-0.15, -0.1) is 0 Å². The molecular formula is C25H22F2N6O2S. The molecule has 5 rings (SSSR count). The number of benzene rings is 1. The van der Waals surface area contributed by atoms with Crippen molar-refractivity contribution in [2.45, 2.75) is 23.6 Å². The zero-order chi connectivity index (χ0) is 25.7. The van der Waals surface area contributed by atoms with Crippen molar-refractivity contribution in [1.82, 2.24) is 15.2 Å². The van der Waals surface area contributed by atoms with Gasteiger partial charge in [-0.2, -0.15) is 0 Å². The van der Waals surface area contributed by atoms with E-state index in [-0.39, 0.29) is 40.7 Å². The third kappa shape index (κ3) is 4.01. The Kier molecular flexibility index (Phi) is 5.79. The van der Waals surface area contributed by atoms with E-state index in [4.69, 9.17) is 12.3 Å². The number of thioether (sulfide) groups is 1. The summed E-state index contributed by atoms with van der Waals surface area (Å²) in [7, 11) is 0. The van der Waals surface area contributed by atoms with Crippen LogP contribution in [-0.4, -0.2) is 51.2 Å². The molecule has 184 valence electrons. The first-order valence-electron chi connectivity index (χ1n) is 11.3. The zero-order valence-electron chi connectivity index (χ0n) is 19.3. The molecular weight excluding hydrogens is 486 g/mol. The SMILES string of the molecule is [C-]#[N+]c1ccc(/C(F)=C/c2ccc(F)c([C@@]3(C)N=C(N)S[C@@]4(C(=O)N5CCNC(=O)C5)C[C@H]43)c2)nc1. The standard InChI is InChI=1S/C25H22F2N6O2S/c1-24(20-11-25(20,36-23(28)32-24)22(35)33-8-7-30-21(34)13-33)16-9-14(3-5-17(16)26)10-18(27)19-6-4-15(29-2)12-31-19/h3-6,9-10,12,20H,7-8,11,13H2,1H3,(H2,28,32)(H,30,34)/b18-10-/t20-,24+,25-/m0/s1. The molecule has 3 N–H and O–H groups in total. The van der Waals surface area contributed by atoms with Gasteiger partial charge >= 0.3 is 0 Å². The fraction of sp³-hybridized carbons (Fsp3) is 0.320. The Morgan fingerprint density at radius 3 is 2.89 bits per heavy atom. The van der Waals surface area contributed by atoms with Crippen molar-refractivity contribution in [1.29, 1.82) is 0 Å². The number of nitrogens with one attached hydrogen (secondary N) is 1. The van der Waals surface area contributed by atoms with Crippen LogP contribution in [-0.2, 0) is 15.1 Å². The van der Waals surface area contributed by atoms with E-state index in [9.17, 15) is 14.0 Å². The van der Waals surface area contributed by atoms with Gasteiger partial charge in [-0.3, -0.25) is 19.6 Å². The number of carbonyl (C=O) groups is 2. The first-order valence-corrected chi connectivity index (χ1v) is 12.1. The number of carbonyl (C=O) groups excluding carboxylic acids is 2. The lowest BCUT2D eigenvalue weighted by Crippen LogP contribution is -2.54. The summed E-state index contributed by atoms with van der Waals surface area (Å²) < 4.78 is 29.1. The summed E-state index contributed by atoms with van der Waals surface area (Å²) in [6, 6.07) is 7.06. The van der Waals surface area contributed by atoms with Crippen molar-refractivity contribution in [2.75, 3.05) is 19.6 Å². The van der Waals surface area contributed by atoms with Gasteiger partial charge in [0.05, 0.1) is 24.3 Å². The summed E-state index contributed by atoms with van der Waals surface area (Å²) in [6.45, 7) is 9.45. The molecule has 11 heteroatoms. The Balaban J connectivity index is 1.47. The molecule has 1 aromatic carbocycles. The first kappa shape index (κ1) is 23.9. The molecule has 0 unspecified atom stereocenters. The van der Waals surface area contributed by atoms with Crippen LogP contribution in [0, 0.1) is 18.3 Å².